The molecule has 0 unspecified atom stereocenters. The van der Waals surface area contributed by atoms with Crippen LogP contribution in [0.25, 0.3) is 0 Å². The Kier molecular flexibility index (Phi) is 15.3. The summed E-state index contributed by atoms with van der Waals surface area (Å²) >= 11 is 6.35. The van der Waals surface area contributed by atoms with Crippen LogP contribution < -0.4 is 4.74 Å². The van der Waals surface area contributed by atoms with Crippen molar-refractivity contribution >= 4 is 11.6 Å². The summed E-state index contributed by atoms with van der Waals surface area (Å²) in [5.41, 5.74) is 2.49. The van der Waals surface area contributed by atoms with Gasteiger partial charge in [-0.2, -0.15) is 0 Å². The van der Waals surface area contributed by atoms with Crippen LogP contribution in [0.15, 0.2) is 42.5 Å². The Hall–Kier alpha value is -2.11. The molecule has 2 aromatic rings. The van der Waals surface area contributed by atoms with Crippen molar-refractivity contribution in [3.63, 3.8) is 0 Å². The largest absolute Gasteiger partial charge is 0.494 e. The normalized spacial score (nSPS) is 38.4. The molecule has 0 aromatic heterocycles. The van der Waals surface area contributed by atoms with Crippen LogP contribution in [0.2, 0.25) is 5.02 Å². The average Bonchev–Trinajstić information content (AvgIpc) is 3.13. The Morgan fingerprint density at radius 3 is 1.80 bits per heavy atom. The minimum atomic E-state index is -1.74. The van der Waals surface area contributed by atoms with Gasteiger partial charge in [0.25, 0.3) is 0 Å². The lowest BCUT2D eigenvalue weighted by molar-refractivity contribution is -0.355. The van der Waals surface area contributed by atoms with E-state index in [1.807, 2.05) is 37.3 Å². The van der Waals surface area contributed by atoms with Crippen LogP contribution in [-0.4, -0.2) is 174 Å². The maximum atomic E-state index is 10.3. The van der Waals surface area contributed by atoms with E-state index >= 15 is 0 Å². The van der Waals surface area contributed by atoms with Gasteiger partial charge in [-0.1, -0.05) is 35.9 Å². The predicted molar refractivity (Wildman–Crippen MR) is 173 cm³/mol. The minimum Gasteiger partial charge on any atom is -0.494 e. The predicted octanol–water partition coefficient (Wildman–Crippen LogP) is -3.55. The fraction of sp³-hybridized carbons (Fsp3) is 0.636. The van der Waals surface area contributed by atoms with Gasteiger partial charge in [-0.05, 0) is 48.2 Å². The molecule has 0 radical (unpaired) electrons. The van der Waals surface area contributed by atoms with Crippen molar-refractivity contribution in [3.8, 4) is 5.75 Å². The van der Waals surface area contributed by atoms with Crippen molar-refractivity contribution in [2.24, 2.45) is 0 Å². The summed E-state index contributed by atoms with van der Waals surface area (Å²) in [5, 5.41) is 117. The summed E-state index contributed by atoms with van der Waals surface area (Å²) in [5.74, 6) is 0.799. The first-order valence-electron chi connectivity index (χ1n) is 16.3. The molecule has 5 rings (SSSR count). The monoisotopic (exact) mass is 750 g/mol. The second-order valence-electron chi connectivity index (χ2n) is 12.4. The van der Waals surface area contributed by atoms with E-state index in [1.54, 1.807) is 12.1 Å². The van der Waals surface area contributed by atoms with Gasteiger partial charge in [0, 0.05) is 5.02 Å². The van der Waals surface area contributed by atoms with Crippen LogP contribution in [0.5, 0.6) is 5.75 Å². The van der Waals surface area contributed by atoms with Gasteiger partial charge in [0.05, 0.1) is 26.4 Å². The van der Waals surface area contributed by atoms with Crippen LogP contribution in [0.4, 0.5) is 0 Å². The molecule has 0 amide bonds. The summed E-state index contributed by atoms with van der Waals surface area (Å²) in [7, 11) is 0. The van der Waals surface area contributed by atoms with Crippen molar-refractivity contribution in [2.75, 3.05) is 26.4 Å². The van der Waals surface area contributed by atoms with Gasteiger partial charge in [0.2, 0.25) is 0 Å². The number of aliphatic hydroxyl groups is 12. The first kappa shape index (κ1) is 41.6. The molecular formula is C33H47ClO17. The summed E-state index contributed by atoms with van der Waals surface area (Å²) in [6.45, 7) is 0.723. The Balaban J connectivity index is 0.000000233. The van der Waals surface area contributed by atoms with Crippen LogP contribution >= 0.6 is 11.6 Å². The molecule has 51 heavy (non-hydrogen) atoms. The average molecular weight is 751 g/mol. The van der Waals surface area contributed by atoms with E-state index in [9.17, 15) is 56.2 Å². The maximum Gasteiger partial charge on any atom is 0.187 e. The van der Waals surface area contributed by atoms with Crippen LogP contribution in [-0.2, 0) is 25.4 Å². The van der Waals surface area contributed by atoms with Crippen molar-refractivity contribution in [1.82, 2.24) is 0 Å². The fourth-order valence-corrected chi connectivity index (χ4v) is 6.13. The van der Waals surface area contributed by atoms with Gasteiger partial charge < -0.3 is 85.0 Å². The van der Waals surface area contributed by atoms with E-state index in [0.717, 1.165) is 16.9 Å². The van der Waals surface area contributed by atoms with E-state index in [4.69, 9.17) is 40.4 Å². The summed E-state index contributed by atoms with van der Waals surface area (Å²) in [6, 6.07) is 12.9. The van der Waals surface area contributed by atoms with E-state index in [-0.39, 0.29) is 0 Å². The molecule has 3 aliphatic heterocycles. The maximum absolute atomic E-state index is 10.3. The molecule has 12 N–H and O–H groups in total. The molecule has 0 aliphatic carbocycles. The first-order chi connectivity index (χ1) is 24.3. The highest BCUT2D eigenvalue weighted by Crippen LogP contribution is 2.35. The second-order valence-corrected chi connectivity index (χ2v) is 12.8. The SMILES string of the molecule is CCOc1ccc(Cc2cc([C@@H]3O[C@H](CO)[C@@H](O)[C@H](O)[C@H]3O)ccc2Cl)cc1.OC[C@H]1O[C@@H](O[C@H]2[C@H](O)[C@@H](O)[C@@H](O)O[C@@H]2CO)[C@H](O)[C@@H](O)[C@H]1O. The van der Waals surface area contributed by atoms with Gasteiger partial charge in [-0.3, -0.25) is 0 Å². The molecule has 2 aromatic carbocycles. The lowest BCUT2D eigenvalue weighted by atomic mass is 9.90. The third kappa shape index (κ3) is 9.71. The van der Waals surface area contributed by atoms with Crippen LogP contribution in [0, 0.1) is 0 Å². The smallest absolute Gasteiger partial charge is 0.187 e. The highest BCUT2D eigenvalue weighted by Gasteiger charge is 2.50. The Morgan fingerprint density at radius 2 is 1.22 bits per heavy atom. The van der Waals surface area contributed by atoms with E-state index < -0.39 is 112 Å². The number of hydrogen-bond donors (Lipinski definition) is 12. The number of benzene rings is 2. The molecule has 15 atom stereocenters. The van der Waals surface area contributed by atoms with E-state index in [0.29, 0.717) is 23.6 Å². The zero-order valence-corrected chi connectivity index (χ0v) is 28.3. The lowest BCUT2D eigenvalue weighted by Crippen LogP contribution is -2.64. The number of hydrogen-bond acceptors (Lipinski definition) is 17. The van der Waals surface area contributed by atoms with E-state index in [2.05, 4.69) is 0 Å². The molecule has 288 valence electrons. The molecule has 0 spiro atoms. The molecule has 3 heterocycles. The lowest BCUT2D eigenvalue weighted by Gasteiger charge is -2.45. The topological polar surface area (TPSA) is 289 Å². The zero-order chi connectivity index (χ0) is 37.6. The first-order valence-corrected chi connectivity index (χ1v) is 16.7. The second kappa shape index (κ2) is 18.8. The number of halogens is 1. The quantitative estimate of drug-likeness (QED) is 0.112. The molecule has 18 heteroatoms. The van der Waals surface area contributed by atoms with Crippen molar-refractivity contribution in [1.29, 1.82) is 0 Å². The molecule has 0 bridgehead atoms. The summed E-state index contributed by atoms with van der Waals surface area (Å²) < 4.78 is 26.3. The molecular weight excluding hydrogens is 704 g/mol. The number of ether oxygens (including phenoxy) is 5. The Labute approximate surface area is 298 Å². The van der Waals surface area contributed by atoms with Crippen molar-refractivity contribution < 1.29 is 85.0 Å². The van der Waals surface area contributed by atoms with Crippen molar-refractivity contribution in [3.05, 3.63) is 64.2 Å². The Morgan fingerprint density at radius 1 is 0.627 bits per heavy atom. The van der Waals surface area contributed by atoms with Crippen LogP contribution in [0.3, 0.4) is 0 Å². The third-order valence-electron chi connectivity index (χ3n) is 8.90. The molecule has 0 saturated carbocycles. The number of aliphatic hydroxyl groups excluding tert-OH is 12. The zero-order valence-electron chi connectivity index (χ0n) is 27.5. The molecule has 3 aliphatic rings. The van der Waals surface area contributed by atoms with Gasteiger partial charge in [-0.15, -0.1) is 0 Å². The number of rotatable bonds is 10. The summed E-state index contributed by atoms with van der Waals surface area (Å²) in [6.07, 6.45) is -21.0. The van der Waals surface area contributed by atoms with E-state index in [1.165, 1.54) is 0 Å². The highest BCUT2D eigenvalue weighted by atomic mass is 35.5. The third-order valence-corrected chi connectivity index (χ3v) is 9.27. The van der Waals surface area contributed by atoms with Crippen LogP contribution in [0.1, 0.15) is 29.7 Å². The minimum absolute atomic E-state index is 0.464. The van der Waals surface area contributed by atoms with Gasteiger partial charge in [0.15, 0.2) is 12.6 Å². The molecule has 17 nitrogen and oxygen atoms in total. The molecule has 3 fully saturated rings. The highest BCUT2D eigenvalue weighted by molar-refractivity contribution is 6.31. The Bertz CT molecular complexity index is 1350. The summed E-state index contributed by atoms with van der Waals surface area (Å²) in [4.78, 5) is 0. The van der Waals surface area contributed by atoms with Gasteiger partial charge >= 0.3 is 0 Å². The van der Waals surface area contributed by atoms with Crippen molar-refractivity contribution in [2.45, 2.75) is 105 Å². The standard InChI is InChI=1S/C21H25ClO6.C12H22O11/c1-2-27-15-6-3-12(4-7-15)9-14-10-13(5-8-16(14)22)21-20(26)19(25)18(24)17(11-23)28-21;13-1-3-5(15)6(16)9(19)12(22-3)23-10-4(2-14)21-11(20)8(18)7(10)17/h3-8,10,17-21,23-26H,2,9,11H2,1H3;3-20H,1-2H2/t17-,18-,19+,20-,21+;3-,4-,5+,6+,7-,8-,9-,10-,11+,12+/m11/s1. The molecule has 3 saturated heterocycles. The van der Waals surface area contributed by atoms with Gasteiger partial charge in [-0.25, -0.2) is 0 Å². The fourth-order valence-electron chi connectivity index (χ4n) is 5.94. The van der Waals surface area contributed by atoms with Gasteiger partial charge in [0.1, 0.15) is 85.1 Å².